The average Bonchev–Trinajstić information content (AvgIpc) is 2.96. The zero-order valence-electron chi connectivity index (χ0n) is 12.9. The minimum absolute atomic E-state index is 0. The third-order valence-electron chi connectivity index (χ3n) is 3.72. The van der Waals surface area contributed by atoms with Crippen LogP contribution >= 0.6 is 24.0 Å². The Morgan fingerprint density at radius 1 is 1.38 bits per heavy atom. The quantitative estimate of drug-likeness (QED) is 0.813. The van der Waals surface area contributed by atoms with E-state index >= 15 is 0 Å². The van der Waals surface area contributed by atoms with Gasteiger partial charge in [-0.15, -0.1) is 12.4 Å². The maximum absolute atomic E-state index is 13.2. The number of nitrogens with one attached hydrogen (secondary N) is 1. The molecule has 24 heavy (non-hydrogen) atoms. The zero-order valence-corrected chi connectivity index (χ0v) is 15.3. The summed E-state index contributed by atoms with van der Waals surface area (Å²) < 4.78 is 66.7. The first-order valence-electron chi connectivity index (χ1n) is 7.28. The van der Waals surface area contributed by atoms with E-state index in [4.69, 9.17) is 11.6 Å². The summed E-state index contributed by atoms with van der Waals surface area (Å²) in [4.78, 5) is -0.852. The van der Waals surface area contributed by atoms with E-state index in [1.165, 1.54) is 6.07 Å². The predicted octanol–water partition coefficient (Wildman–Crippen LogP) is 3.54. The summed E-state index contributed by atoms with van der Waals surface area (Å²) in [6.07, 6.45) is -3.73. The predicted molar refractivity (Wildman–Crippen MR) is 89.2 cm³/mol. The Labute approximate surface area is 150 Å². The molecule has 1 saturated heterocycles. The minimum atomic E-state index is -4.79. The summed E-state index contributed by atoms with van der Waals surface area (Å²) in [5.74, 6) is 0. The largest absolute Gasteiger partial charge is 0.417 e. The van der Waals surface area contributed by atoms with E-state index in [2.05, 4.69) is 5.32 Å². The molecule has 0 saturated carbocycles. The van der Waals surface area contributed by atoms with Gasteiger partial charge in [0.15, 0.2) is 0 Å². The molecule has 2 rings (SSSR count). The van der Waals surface area contributed by atoms with Crippen molar-refractivity contribution in [2.75, 3.05) is 19.6 Å². The molecule has 1 heterocycles. The van der Waals surface area contributed by atoms with E-state index in [0.717, 1.165) is 16.4 Å². The van der Waals surface area contributed by atoms with E-state index in [0.29, 0.717) is 25.9 Å². The molecule has 1 atom stereocenters. The lowest BCUT2D eigenvalue weighted by atomic mass is 10.2. The smallest absolute Gasteiger partial charge is 0.315 e. The molecule has 4 nitrogen and oxygen atoms in total. The van der Waals surface area contributed by atoms with Gasteiger partial charge in [0.05, 0.1) is 10.6 Å². The molecule has 0 radical (unpaired) electrons. The zero-order chi connectivity index (χ0) is 17.3. The van der Waals surface area contributed by atoms with Crippen molar-refractivity contribution in [3.63, 3.8) is 0 Å². The number of halogens is 5. The van der Waals surface area contributed by atoms with E-state index in [-0.39, 0.29) is 25.0 Å². The SMILES string of the molecule is CCCN(C1CCNC1)S(=O)(=O)c1c(Cl)cccc1C(F)(F)F.Cl. The van der Waals surface area contributed by atoms with Crippen LogP contribution in [0.5, 0.6) is 0 Å². The van der Waals surface area contributed by atoms with Crippen molar-refractivity contribution in [2.45, 2.75) is 36.9 Å². The number of hydrogen-bond acceptors (Lipinski definition) is 3. The Hall–Kier alpha value is -0.540. The average molecular weight is 407 g/mol. The van der Waals surface area contributed by atoms with Crippen molar-refractivity contribution in [3.8, 4) is 0 Å². The van der Waals surface area contributed by atoms with Crippen LogP contribution in [0.25, 0.3) is 0 Å². The fourth-order valence-electron chi connectivity index (χ4n) is 2.72. The lowest BCUT2D eigenvalue weighted by Crippen LogP contribution is -2.42. The highest BCUT2D eigenvalue weighted by atomic mass is 35.5. The van der Waals surface area contributed by atoms with Crippen LogP contribution < -0.4 is 5.32 Å². The van der Waals surface area contributed by atoms with Gasteiger partial charge < -0.3 is 5.32 Å². The van der Waals surface area contributed by atoms with Crippen molar-refractivity contribution < 1.29 is 21.6 Å². The van der Waals surface area contributed by atoms with Gasteiger partial charge in [0.1, 0.15) is 4.90 Å². The molecule has 0 spiro atoms. The van der Waals surface area contributed by atoms with Crippen LogP contribution in [-0.2, 0) is 16.2 Å². The standard InChI is InChI=1S/C14H18ClF3N2O2S.ClH/c1-2-8-20(10-6-7-19-9-10)23(21,22)13-11(14(16,17)18)4-3-5-12(13)15;/h3-5,10,19H,2,6-9H2,1H3;1H. The Kier molecular flexibility index (Phi) is 7.37. The van der Waals surface area contributed by atoms with Crippen LogP contribution in [-0.4, -0.2) is 38.4 Å². The molecule has 0 aliphatic carbocycles. The van der Waals surface area contributed by atoms with E-state index in [1.54, 1.807) is 6.92 Å². The second-order valence-electron chi connectivity index (χ2n) is 5.38. The van der Waals surface area contributed by atoms with Crippen LogP contribution in [0.15, 0.2) is 23.1 Å². The third kappa shape index (κ3) is 4.35. The summed E-state index contributed by atoms with van der Waals surface area (Å²) in [5.41, 5.74) is -1.22. The number of benzene rings is 1. The van der Waals surface area contributed by atoms with Gasteiger partial charge in [-0.25, -0.2) is 8.42 Å². The van der Waals surface area contributed by atoms with Gasteiger partial charge in [0.25, 0.3) is 0 Å². The van der Waals surface area contributed by atoms with Crippen molar-refractivity contribution >= 4 is 34.0 Å². The van der Waals surface area contributed by atoms with Crippen molar-refractivity contribution in [1.82, 2.24) is 9.62 Å². The second-order valence-corrected chi connectivity index (χ2v) is 7.61. The molecular formula is C14H19Cl2F3N2O2S. The molecule has 138 valence electrons. The molecule has 1 aromatic rings. The van der Waals surface area contributed by atoms with E-state index in [9.17, 15) is 21.6 Å². The van der Waals surface area contributed by atoms with Gasteiger partial charge in [-0.05, 0) is 31.5 Å². The monoisotopic (exact) mass is 406 g/mol. The number of sulfonamides is 1. The van der Waals surface area contributed by atoms with Crippen LogP contribution in [0.1, 0.15) is 25.3 Å². The molecule has 1 N–H and O–H groups in total. The number of rotatable bonds is 5. The minimum Gasteiger partial charge on any atom is -0.315 e. The summed E-state index contributed by atoms with van der Waals surface area (Å²) in [5, 5.41) is 2.62. The highest BCUT2D eigenvalue weighted by molar-refractivity contribution is 7.89. The van der Waals surface area contributed by atoms with Gasteiger partial charge in [-0.3, -0.25) is 0 Å². The summed E-state index contributed by atoms with van der Waals surface area (Å²) in [7, 11) is -4.35. The first-order valence-corrected chi connectivity index (χ1v) is 9.09. The van der Waals surface area contributed by atoms with Crippen LogP contribution in [0, 0.1) is 0 Å². The summed E-state index contributed by atoms with van der Waals surface area (Å²) >= 11 is 5.85. The maximum Gasteiger partial charge on any atom is 0.417 e. The van der Waals surface area contributed by atoms with Crippen molar-refractivity contribution in [1.29, 1.82) is 0 Å². The van der Waals surface area contributed by atoms with Crippen molar-refractivity contribution in [2.24, 2.45) is 0 Å². The lowest BCUT2D eigenvalue weighted by molar-refractivity contribution is -0.139. The lowest BCUT2D eigenvalue weighted by Gasteiger charge is -2.28. The molecule has 1 aromatic carbocycles. The Bertz CT molecular complexity index is 662. The van der Waals surface area contributed by atoms with Gasteiger partial charge in [-0.1, -0.05) is 24.6 Å². The van der Waals surface area contributed by atoms with Gasteiger partial charge >= 0.3 is 6.18 Å². The van der Waals surface area contributed by atoms with E-state index < -0.39 is 31.7 Å². The number of hydrogen-bond donors (Lipinski definition) is 1. The number of nitrogens with zero attached hydrogens (tertiary/aromatic N) is 1. The van der Waals surface area contributed by atoms with E-state index in [1.807, 2.05) is 0 Å². The Balaban J connectivity index is 0.00000288. The number of alkyl halides is 3. The summed E-state index contributed by atoms with van der Waals surface area (Å²) in [6.45, 7) is 2.99. The summed E-state index contributed by atoms with van der Waals surface area (Å²) in [6, 6.07) is 2.65. The second kappa shape index (κ2) is 8.23. The van der Waals surface area contributed by atoms with Crippen LogP contribution in [0.3, 0.4) is 0 Å². The first kappa shape index (κ1) is 21.5. The first-order chi connectivity index (χ1) is 10.7. The fraction of sp³-hybridized carbons (Fsp3) is 0.571. The Morgan fingerprint density at radius 2 is 2.04 bits per heavy atom. The topological polar surface area (TPSA) is 49.4 Å². The molecule has 1 fully saturated rings. The molecule has 0 amide bonds. The van der Waals surface area contributed by atoms with Gasteiger partial charge in [0, 0.05) is 19.1 Å². The van der Waals surface area contributed by atoms with Crippen molar-refractivity contribution in [3.05, 3.63) is 28.8 Å². The molecule has 1 aliphatic rings. The molecule has 1 unspecified atom stereocenters. The van der Waals surface area contributed by atoms with Gasteiger partial charge in [0.2, 0.25) is 10.0 Å². The molecule has 0 bridgehead atoms. The van der Waals surface area contributed by atoms with Crippen LogP contribution in [0.2, 0.25) is 5.02 Å². The fourth-order valence-corrected chi connectivity index (χ4v) is 5.19. The highest BCUT2D eigenvalue weighted by Crippen LogP contribution is 2.39. The molecular weight excluding hydrogens is 388 g/mol. The highest BCUT2D eigenvalue weighted by Gasteiger charge is 2.42. The third-order valence-corrected chi connectivity index (χ3v) is 6.21. The molecule has 0 aromatic heterocycles. The Morgan fingerprint density at radius 3 is 2.54 bits per heavy atom. The van der Waals surface area contributed by atoms with Gasteiger partial charge in [-0.2, -0.15) is 17.5 Å². The van der Waals surface area contributed by atoms with Crippen LogP contribution in [0.4, 0.5) is 13.2 Å². The molecule has 1 aliphatic heterocycles. The normalized spacial score (nSPS) is 18.7. The maximum atomic E-state index is 13.2. The molecule has 10 heteroatoms.